The number of fused-ring (bicyclic) bond motifs is 1. The summed E-state index contributed by atoms with van der Waals surface area (Å²) < 4.78 is 65.5. The van der Waals surface area contributed by atoms with Crippen molar-refractivity contribution in [1.82, 2.24) is 9.80 Å². The SMILES string of the molecule is C[C@@H]1CN(CC2Cc3cc(F)ccc3O2)[C@@H](C)CN1C(=O)CO[C@H]1CC[C@H](Nc2ccc([N+](=O)[O-])c(C(F)(F)F)c2)CC1. The number of nitro benzene ring substituents is 1. The molecule has 1 amide bonds. The quantitative estimate of drug-likeness (QED) is 0.243. The summed E-state index contributed by atoms with van der Waals surface area (Å²) in [6, 6.07) is 7.52. The molecule has 2 aliphatic heterocycles. The summed E-state index contributed by atoms with van der Waals surface area (Å²) in [5.74, 6) is 0.379. The van der Waals surface area contributed by atoms with E-state index in [1.807, 2.05) is 11.8 Å². The minimum absolute atomic E-state index is 0.0169. The number of amides is 1. The molecule has 9 nitrogen and oxygen atoms in total. The highest BCUT2D eigenvalue weighted by Crippen LogP contribution is 2.38. The van der Waals surface area contributed by atoms with Crippen molar-refractivity contribution in [3.8, 4) is 5.75 Å². The topological polar surface area (TPSA) is 97.2 Å². The number of hydrogen-bond acceptors (Lipinski definition) is 7. The molecule has 2 fully saturated rings. The largest absolute Gasteiger partial charge is 0.488 e. The zero-order valence-corrected chi connectivity index (χ0v) is 24.1. The third-order valence-corrected chi connectivity index (χ3v) is 8.62. The van der Waals surface area contributed by atoms with E-state index in [2.05, 4.69) is 17.1 Å². The van der Waals surface area contributed by atoms with E-state index in [-0.39, 0.29) is 54.4 Å². The molecule has 3 aliphatic rings. The molecule has 5 rings (SSSR count). The van der Waals surface area contributed by atoms with Crippen LogP contribution in [0.15, 0.2) is 36.4 Å². The number of anilines is 1. The minimum Gasteiger partial charge on any atom is -0.488 e. The molecule has 0 bridgehead atoms. The number of alkyl halides is 3. The molecule has 1 aliphatic carbocycles. The molecule has 2 aromatic rings. The maximum absolute atomic E-state index is 13.6. The van der Waals surface area contributed by atoms with Gasteiger partial charge in [-0.2, -0.15) is 13.2 Å². The number of halogens is 4. The van der Waals surface area contributed by atoms with E-state index < -0.39 is 22.4 Å². The van der Waals surface area contributed by atoms with Crippen LogP contribution in [-0.2, 0) is 22.1 Å². The van der Waals surface area contributed by atoms with Gasteiger partial charge in [-0.05, 0) is 69.9 Å². The summed E-state index contributed by atoms with van der Waals surface area (Å²) in [6.45, 7) is 5.98. The minimum atomic E-state index is -4.83. The van der Waals surface area contributed by atoms with Crippen LogP contribution in [0.3, 0.4) is 0 Å². The van der Waals surface area contributed by atoms with E-state index in [9.17, 15) is 32.5 Å². The Labute approximate surface area is 247 Å². The molecule has 0 spiro atoms. The molecule has 234 valence electrons. The second-order valence-electron chi connectivity index (χ2n) is 11.8. The predicted molar refractivity (Wildman–Crippen MR) is 150 cm³/mol. The molecule has 0 radical (unpaired) electrons. The highest BCUT2D eigenvalue weighted by atomic mass is 19.4. The van der Waals surface area contributed by atoms with E-state index >= 15 is 0 Å². The third kappa shape index (κ3) is 7.38. The normalized spacial score (nSPS) is 26.1. The Kier molecular flexibility index (Phi) is 9.12. The molecule has 43 heavy (non-hydrogen) atoms. The van der Waals surface area contributed by atoms with Crippen LogP contribution in [0.1, 0.15) is 50.7 Å². The van der Waals surface area contributed by atoms with E-state index in [1.54, 1.807) is 6.07 Å². The maximum atomic E-state index is 13.6. The van der Waals surface area contributed by atoms with Gasteiger partial charge in [0.05, 0.1) is 11.0 Å². The average Bonchev–Trinajstić information content (AvgIpc) is 3.35. The highest BCUT2D eigenvalue weighted by molar-refractivity contribution is 5.78. The van der Waals surface area contributed by atoms with Gasteiger partial charge in [-0.25, -0.2) is 4.39 Å². The molecule has 1 unspecified atom stereocenters. The number of rotatable bonds is 8. The molecule has 1 N–H and O–H groups in total. The van der Waals surface area contributed by atoms with Crippen molar-refractivity contribution in [3.05, 3.63) is 63.5 Å². The average molecular weight is 609 g/mol. The lowest BCUT2D eigenvalue weighted by atomic mass is 9.92. The first-order valence-corrected chi connectivity index (χ1v) is 14.6. The van der Waals surface area contributed by atoms with Crippen LogP contribution in [0.2, 0.25) is 0 Å². The molecule has 3 atom stereocenters. The monoisotopic (exact) mass is 608 g/mol. The van der Waals surface area contributed by atoms with Crippen molar-refractivity contribution in [2.75, 3.05) is 31.6 Å². The number of nitro groups is 1. The van der Waals surface area contributed by atoms with Crippen LogP contribution in [-0.4, -0.2) is 77.2 Å². The fourth-order valence-electron chi connectivity index (χ4n) is 6.35. The fourth-order valence-corrected chi connectivity index (χ4v) is 6.35. The summed E-state index contributed by atoms with van der Waals surface area (Å²) in [4.78, 5) is 27.2. The van der Waals surface area contributed by atoms with E-state index in [1.165, 1.54) is 18.2 Å². The van der Waals surface area contributed by atoms with Gasteiger partial charge in [0.25, 0.3) is 5.69 Å². The zero-order valence-electron chi connectivity index (χ0n) is 24.1. The number of ether oxygens (including phenoxy) is 2. The summed E-state index contributed by atoms with van der Waals surface area (Å²) in [7, 11) is 0. The Bertz CT molecular complexity index is 1330. The molecule has 1 saturated heterocycles. The van der Waals surface area contributed by atoms with Crippen LogP contribution >= 0.6 is 0 Å². The van der Waals surface area contributed by atoms with E-state index in [4.69, 9.17) is 9.47 Å². The first kappa shape index (κ1) is 31.0. The maximum Gasteiger partial charge on any atom is 0.423 e. The first-order valence-electron chi connectivity index (χ1n) is 14.6. The number of benzene rings is 2. The summed E-state index contributed by atoms with van der Waals surface area (Å²) in [5, 5.41) is 14.1. The molecule has 13 heteroatoms. The van der Waals surface area contributed by atoms with Crippen molar-refractivity contribution in [2.24, 2.45) is 0 Å². The van der Waals surface area contributed by atoms with Crippen molar-refractivity contribution in [2.45, 2.75) is 82.5 Å². The second kappa shape index (κ2) is 12.7. The van der Waals surface area contributed by atoms with E-state index in [0.29, 0.717) is 51.7 Å². The number of hydrogen-bond donors (Lipinski definition) is 1. The summed E-state index contributed by atoms with van der Waals surface area (Å²) in [5.41, 5.74) is -1.20. The molecule has 2 heterocycles. The van der Waals surface area contributed by atoms with Gasteiger partial charge in [0, 0.05) is 61.5 Å². The third-order valence-electron chi connectivity index (χ3n) is 8.62. The molecule has 0 aromatic heterocycles. The smallest absolute Gasteiger partial charge is 0.423 e. The first-order chi connectivity index (χ1) is 20.4. The Morgan fingerprint density at radius 3 is 2.53 bits per heavy atom. The van der Waals surface area contributed by atoms with Gasteiger partial charge in [-0.3, -0.25) is 19.8 Å². The number of nitrogens with one attached hydrogen (secondary N) is 1. The molecule has 2 aromatic carbocycles. The van der Waals surface area contributed by atoms with Crippen LogP contribution in [0.25, 0.3) is 0 Å². The number of carbonyl (C=O) groups excluding carboxylic acids is 1. The van der Waals surface area contributed by atoms with Crippen molar-refractivity contribution in [1.29, 1.82) is 0 Å². The number of carbonyl (C=O) groups is 1. The fraction of sp³-hybridized carbons (Fsp3) is 0.567. The lowest BCUT2D eigenvalue weighted by molar-refractivity contribution is -0.388. The van der Waals surface area contributed by atoms with Crippen LogP contribution in [0, 0.1) is 15.9 Å². The van der Waals surface area contributed by atoms with Crippen LogP contribution < -0.4 is 10.1 Å². The van der Waals surface area contributed by atoms with Gasteiger partial charge in [0.15, 0.2) is 0 Å². The Balaban J connectivity index is 1.05. The Morgan fingerprint density at radius 2 is 1.84 bits per heavy atom. The predicted octanol–water partition coefficient (Wildman–Crippen LogP) is 5.42. The van der Waals surface area contributed by atoms with Crippen LogP contribution in [0.5, 0.6) is 5.75 Å². The molecular weight excluding hydrogens is 572 g/mol. The summed E-state index contributed by atoms with van der Waals surface area (Å²) in [6.07, 6.45) is -1.85. The van der Waals surface area contributed by atoms with Gasteiger partial charge < -0.3 is 19.7 Å². The second-order valence-corrected chi connectivity index (χ2v) is 11.8. The van der Waals surface area contributed by atoms with Crippen LogP contribution in [0.4, 0.5) is 28.9 Å². The van der Waals surface area contributed by atoms with E-state index in [0.717, 1.165) is 23.4 Å². The van der Waals surface area contributed by atoms with Gasteiger partial charge in [0.2, 0.25) is 5.91 Å². The number of nitrogens with zero attached hydrogens (tertiary/aromatic N) is 3. The van der Waals surface area contributed by atoms with Gasteiger partial charge >= 0.3 is 6.18 Å². The van der Waals surface area contributed by atoms with Crippen molar-refractivity contribution >= 4 is 17.3 Å². The zero-order chi connectivity index (χ0) is 30.9. The van der Waals surface area contributed by atoms with Gasteiger partial charge in [0.1, 0.15) is 29.8 Å². The van der Waals surface area contributed by atoms with Gasteiger partial charge in [-0.15, -0.1) is 0 Å². The highest BCUT2D eigenvalue weighted by Gasteiger charge is 2.39. The lowest BCUT2D eigenvalue weighted by Gasteiger charge is -2.44. The Morgan fingerprint density at radius 1 is 1.09 bits per heavy atom. The van der Waals surface area contributed by atoms with Gasteiger partial charge in [-0.1, -0.05) is 0 Å². The molecular formula is C30H36F4N4O5. The molecule has 1 saturated carbocycles. The Hall–Kier alpha value is -3.45. The van der Waals surface area contributed by atoms with Crippen molar-refractivity contribution in [3.63, 3.8) is 0 Å². The van der Waals surface area contributed by atoms with Crippen molar-refractivity contribution < 1.29 is 36.8 Å². The standard InChI is InChI=1S/C30H36F4N4O5/c1-18-15-37(19(2)14-36(18)16-25-12-20-11-21(31)3-10-28(20)43-25)29(39)17-42-24-7-4-22(5-8-24)35-23-6-9-27(38(40)41)26(13-23)30(32,33)34/h3,6,9-11,13,18-19,22,24-25,35H,4-5,7-8,12,14-17H2,1-2H3/t18-,19+,22-,24-,25?/m0/s1. The summed E-state index contributed by atoms with van der Waals surface area (Å²) >= 11 is 0. The lowest BCUT2D eigenvalue weighted by Crippen LogP contribution is -2.60. The number of piperazine rings is 1.